The Bertz CT molecular complexity index is 1280. The van der Waals surface area contributed by atoms with Gasteiger partial charge in [-0.2, -0.15) is 0 Å². The minimum atomic E-state index is -1.22. The van der Waals surface area contributed by atoms with Crippen LogP contribution in [0.25, 0.3) is 17.5 Å². The van der Waals surface area contributed by atoms with Crippen molar-refractivity contribution in [2.24, 2.45) is 0 Å². The van der Waals surface area contributed by atoms with E-state index in [1.807, 2.05) is 48.5 Å². The normalized spacial score (nSPS) is 13.9. The Morgan fingerprint density at radius 1 is 1.09 bits per heavy atom. The molecule has 4 nitrogen and oxygen atoms in total. The lowest BCUT2D eigenvalue weighted by Crippen LogP contribution is -2.13. The van der Waals surface area contributed by atoms with Crippen LogP contribution in [0.1, 0.15) is 26.7 Å². The number of carboxylic acid groups (broad SMARTS) is 1. The van der Waals surface area contributed by atoms with E-state index in [0.29, 0.717) is 23.2 Å². The van der Waals surface area contributed by atoms with E-state index in [1.165, 1.54) is 0 Å². The van der Waals surface area contributed by atoms with Gasteiger partial charge < -0.3 is 10.4 Å². The first kappa shape index (κ1) is 22.5. The largest absolute Gasteiger partial charge is 0.480 e. The molecule has 8 heteroatoms. The summed E-state index contributed by atoms with van der Waals surface area (Å²) in [7, 11) is 0. The number of rotatable bonds is 7. The Balaban J connectivity index is 1.74. The quantitative estimate of drug-likeness (QED) is 0.392. The number of para-hydroxylation sites is 1. The molecule has 0 amide bonds. The van der Waals surface area contributed by atoms with E-state index in [1.54, 1.807) is 12.1 Å². The second-order valence-corrected chi connectivity index (χ2v) is 8.44. The topological polar surface area (TPSA) is 62.2 Å². The van der Waals surface area contributed by atoms with Crippen molar-refractivity contribution in [3.63, 3.8) is 0 Å². The fourth-order valence-electron chi connectivity index (χ4n) is 3.49. The molecular weight excluding hydrogens is 449 g/mol. The molecule has 0 aliphatic heterocycles. The summed E-state index contributed by atoms with van der Waals surface area (Å²) in [5, 5.41) is 12.5. The third-order valence-corrected chi connectivity index (χ3v) is 6.09. The van der Waals surface area contributed by atoms with Crippen LogP contribution < -0.4 is 5.32 Å². The van der Waals surface area contributed by atoms with Crippen molar-refractivity contribution in [3.05, 3.63) is 99.0 Å². The van der Waals surface area contributed by atoms with Crippen LogP contribution in [0, 0.1) is 0 Å². The van der Waals surface area contributed by atoms with Crippen molar-refractivity contribution < 1.29 is 23.1 Å². The number of aliphatic carboxylic acids is 1. The average molecular weight is 469 g/mol. The number of carboxylic acids is 1. The number of thiazole rings is 1. The molecule has 0 unspecified atom stereocenters. The van der Waals surface area contributed by atoms with E-state index in [4.69, 9.17) is 5.11 Å². The van der Waals surface area contributed by atoms with Gasteiger partial charge in [-0.15, -0.1) is 11.3 Å². The first-order chi connectivity index (χ1) is 15.9. The number of nitrogens with zero attached hydrogens (tertiary/aromatic N) is 1. The summed E-state index contributed by atoms with van der Waals surface area (Å²) >= 11 is 1.05. The zero-order valence-electron chi connectivity index (χ0n) is 17.3. The molecule has 0 spiro atoms. The van der Waals surface area contributed by atoms with Gasteiger partial charge in [0.05, 0.1) is 15.6 Å². The van der Waals surface area contributed by atoms with E-state index in [2.05, 4.69) is 10.3 Å². The number of anilines is 1. The molecule has 0 radical (unpaired) electrons. The predicted molar refractivity (Wildman–Crippen MR) is 125 cm³/mol. The van der Waals surface area contributed by atoms with Gasteiger partial charge in [-0.3, -0.25) is 4.79 Å². The molecule has 2 N–H and O–H groups in total. The summed E-state index contributed by atoms with van der Waals surface area (Å²) in [5.41, 5.74) is 3.28. The Morgan fingerprint density at radius 3 is 2.58 bits per heavy atom. The number of carbonyl (C=O) groups is 1. The number of benzene rings is 2. The predicted octanol–water partition coefficient (Wildman–Crippen LogP) is 6.44. The number of aromatic nitrogens is 1. The highest BCUT2D eigenvalue weighted by Gasteiger charge is 2.23. The van der Waals surface area contributed by atoms with Gasteiger partial charge in [0, 0.05) is 30.2 Å². The molecule has 0 saturated carbocycles. The van der Waals surface area contributed by atoms with Crippen molar-refractivity contribution in [2.45, 2.75) is 12.8 Å². The highest BCUT2D eigenvalue weighted by molar-refractivity contribution is 7.12. The molecule has 0 atom stereocenters. The lowest BCUT2D eigenvalue weighted by Gasteiger charge is -2.14. The van der Waals surface area contributed by atoms with Crippen LogP contribution >= 0.6 is 11.3 Å². The summed E-state index contributed by atoms with van der Waals surface area (Å²) in [6.07, 6.45) is 2.38. The first-order valence-electron chi connectivity index (χ1n) is 10.1. The Morgan fingerprint density at radius 2 is 1.82 bits per heavy atom. The van der Waals surface area contributed by atoms with Crippen LogP contribution in [0.3, 0.4) is 0 Å². The van der Waals surface area contributed by atoms with Gasteiger partial charge in [0.1, 0.15) is 18.2 Å². The Labute approximate surface area is 192 Å². The van der Waals surface area contributed by atoms with Crippen LogP contribution in [0.4, 0.5) is 18.9 Å². The maximum Gasteiger partial charge on any atom is 0.322 e. The maximum absolute atomic E-state index is 14.4. The number of allylic oxidation sites excluding steroid dienone is 4. The molecule has 1 aliphatic rings. The van der Waals surface area contributed by atoms with Crippen molar-refractivity contribution in [2.75, 3.05) is 11.9 Å². The molecule has 0 saturated heterocycles. The summed E-state index contributed by atoms with van der Waals surface area (Å²) < 4.78 is 41.9. The molecule has 4 rings (SSSR count). The number of halogens is 3. The lowest BCUT2D eigenvalue weighted by atomic mass is 9.98. The SMILES string of the molecule is O=C(O)CNc1ccccc1/C(=C/c1ccccc1)Cc1nc2c(s1)C(F)=CC(F)=C(F)C2. The minimum absolute atomic E-state index is 0.115. The summed E-state index contributed by atoms with van der Waals surface area (Å²) in [6.45, 7) is -0.256. The molecule has 2 aromatic carbocycles. The molecular formula is C25H19F3N2O2S. The van der Waals surface area contributed by atoms with Gasteiger partial charge >= 0.3 is 5.97 Å². The Hall–Kier alpha value is -3.65. The third-order valence-electron chi connectivity index (χ3n) is 4.98. The number of hydrogen-bond acceptors (Lipinski definition) is 4. The van der Waals surface area contributed by atoms with Crippen LogP contribution in [-0.2, 0) is 17.6 Å². The number of nitrogens with one attached hydrogen (secondary N) is 1. The molecule has 168 valence electrons. The molecule has 1 aromatic heterocycles. The molecule has 0 fully saturated rings. The highest BCUT2D eigenvalue weighted by Crippen LogP contribution is 2.37. The van der Waals surface area contributed by atoms with Gasteiger partial charge in [-0.1, -0.05) is 54.6 Å². The molecule has 0 bridgehead atoms. The number of fused-ring (bicyclic) bond motifs is 1. The van der Waals surface area contributed by atoms with Crippen molar-refractivity contribution in [1.82, 2.24) is 4.98 Å². The summed E-state index contributed by atoms with van der Waals surface area (Å²) in [6, 6.07) is 16.8. The molecule has 3 aromatic rings. The van der Waals surface area contributed by atoms with E-state index in [-0.39, 0.29) is 17.1 Å². The van der Waals surface area contributed by atoms with Gasteiger partial charge in [0.25, 0.3) is 0 Å². The Kier molecular flexibility index (Phi) is 6.74. The second kappa shape index (κ2) is 9.87. The van der Waals surface area contributed by atoms with Crippen LogP contribution in [0.2, 0.25) is 0 Å². The van der Waals surface area contributed by atoms with Crippen LogP contribution in [0.5, 0.6) is 0 Å². The zero-order valence-corrected chi connectivity index (χ0v) is 18.1. The van der Waals surface area contributed by atoms with Crippen molar-refractivity contribution in [3.8, 4) is 0 Å². The summed E-state index contributed by atoms with van der Waals surface area (Å²) in [4.78, 5) is 15.6. The van der Waals surface area contributed by atoms with Crippen molar-refractivity contribution in [1.29, 1.82) is 0 Å². The van der Waals surface area contributed by atoms with E-state index in [0.717, 1.165) is 28.0 Å². The first-order valence-corrected chi connectivity index (χ1v) is 10.9. The molecule has 1 aliphatic carbocycles. The second-order valence-electron chi connectivity index (χ2n) is 7.36. The lowest BCUT2D eigenvalue weighted by molar-refractivity contribution is -0.134. The van der Waals surface area contributed by atoms with Gasteiger partial charge in [-0.05, 0) is 17.2 Å². The fraction of sp³-hybridized carbons (Fsp3) is 0.120. The third kappa shape index (κ3) is 5.40. The van der Waals surface area contributed by atoms with Gasteiger partial charge in [-0.25, -0.2) is 18.2 Å². The smallest absolute Gasteiger partial charge is 0.322 e. The minimum Gasteiger partial charge on any atom is -0.480 e. The number of hydrogen-bond donors (Lipinski definition) is 2. The van der Waals surface area contributed by atoms with E-state index < -0.39 is 29.9 Å². The monoisotopic (exact) mass is 468 g/mol. The van der Waals surface area contributed by atoms with E-state index >= 15 is 0 Å². The molecule has 1 heterocycles. The van der Waals surface area contributed by atoms with Gasteiger partial charge in [0.15, 0.2) is 5.83 Å². The highest BCUT2D eigenvalue weighted by atomic mass is 32.1. The average Bonchev–Trinajstić information content (AvgIpc) is 3.16. The van der Waals surface area contributed by atoms with Crippen molar-refractivity contribution >= 4 is 40.5 Å². The standard InChI is InChI=1S/C25H19F3N2O2S/c26-18-12-20(28)25-22(13-19(18)27)30-23(33-25)11-16(10-15-6-2-1-3-7-15)17-8-4-5-9-21(17)29-14-24(31)32/h1-10,12,29H,11,13-14H2,(H,31,32)/b16-10+. The van der Waals surface area contributed by atoms with Gasteiger partial charge in [0.2, 0.25) is 0 Å². The van der Waals surface area contributed by atoms with Crippen LogP contribution in [0.15, 0.2) is 72.3 Å². The molecule has 33 heavy (non-hydrogen) atoms. The van der Waals surface area contributed by atoms with E-state index in [9.17, 15) is 18.0 Å². The fourth-order valence-corrected chi connectivity index (χ4v) is 4.51. The maximum atomic E-state index is 14.4. The zero-order chi connectivity index (χ0) is 23.4. The van der Waals surface area contributed by atoms with Crippen LogP contribution in [-0.4, -0.2) is 22.6 Å². The summed E-state index contributed by atoms with van der Waals surface area (Å²) in [5.74, 6) is -4.12.